The van der Waals surface area contributed by atoms with Gasteiger partial charge in [0.15, 0.2) is 11.5 Å². The van der Waals surface area contributed by atoms with Crippen molar-refractivity contribution in [3.8, 4) is 11.3 Å². The first kappa shape index (κ1) is 12.4. The molecule has 0 spiro atoms. The summed E-state index contributed by atoms with van der Waals surface area (Å²) in [6.45, 7) is 3.84. The summed E-state index contributed by atoms with van der Waals surface area (Å²) >= 11 is 0. The molecular formula is C14H12N2O4. The molecule has 0 atom stereocenters. The SMILES string of the molecule is Cc1cc2c(c(-c3cc(C(=O)O)no3)c1C)NC(=O)C2. The van der Waals surface area contributed by atoms with Crippen molar-refractivity contribution in [2.24, 2.45) is 0 Å². The Morgan fingerprint density at radius 3 is 2.80 bits per heavy atom. The van der Waals surface area contributed by atoms with Crippen LogP contribution in [0.3, 0.4) is 0 Å². The number of amides is 1. The molecule has 1 aromatic carbocycles. The Kier molecular flexibility index (Phi) is 2.60. The minimum atomic E-state index is -1.15. The highest BCUT2D eigenvalue weighted by Crippen LogP contribution is 2.39. The van der Waals surface area contributed by atoms with E-state index in [-0.39, 0.29) is 11.6 Å². The third-order valence-electron chi connectivity index (χ3n) is 3.52. The van der Waals surface area contributed by atoms with Crippen molar-refractivity contribution in [1.29, 1.82) is 0 Å². The molecule has 0 radical (unpaired) electrons. The molecule has 102 valence electrons. The minimum Gasteiger partial charge on any atom is -0.476 e. The molecule has 1 amide bonds. The van der Waals surface area contributed by atoms with Crippen molar-refractivity contribution in [2.45, 2.75) is 20.3 Å². The van der Waals surface area contributed by atoms with Gasteiger partial charge in [-0.25, -0.2) is 4.79 Å². The molecule has 0 bridgehead atoms. The van der Waals surface area contributed by atoms with Gasteiger partial charge < -0.3 is 14.9 Å². The van der Waals surface area contributed by atoms with Crippen molar-refractivity contribution in [3.63, 3.8) is 0 Å². The summed E-state index contributed by atoms with van der Waals surface area (Å²) < 4.78 is 5.13. The van der Waals surface area contributed by atoms with E-state index in [9.17, 15) is 9.59 Å². The zero-order valence-electron chi connectivity index (χ0n) is 11.0. The van der Waals surface area contributed by atoms with Crippen LogP contribution in [0, 0.1) is 13.8 Å². The van der Waals surface area contributed by atoms with Gasteiger partial charge in [0.2, 0.25) is 5.91 Å². The second-order valence-corrected chi connectivity index (χ2v) is 4.83. The number of benzene rings is 1. The lowest BCUT2D eigenvalue weighted by atomic mass is 9.95. The normalized spacial score (nSPS) is 13.2. The Balaban J connectivity index is 2.22. The summed E-state index contributed by atoms with van der Waals surface area (Å²) in [5, 5.41) is 15.2. The number of carboxylic acid groups (broad SMARTS) is 1. The van der Waals surface area contributed by atoms with Gasteiger partial charge in [0.05, 0.1) is 12.1 Å². The highest BCUT2D eigenvalue weighted by atomic mass is 16.5. The maximum atomic E-state index is 11.6. The monoisotopic (exact) mass is 272 g/mol. The number of hydrogen-bond acceptors (Lipinski definition) is 4. The zero-order chi connectivity index (χ0) is 14.4. The Labute approximate surface area is 114 Å². The molecule has 1 aliphatic rings. The molecule has 0 saturated carbocycles. The predicted octanol–water partition coefficient (Wildman–Crippen LogP) is 2.15. The van der Waals surface area contributed by atoms with Gasteiger partial charge in [-0.15, -0.1) is 0 Å². The van der Waals surface area contributed by atoms with Crippen LogP contribution in [0.1, 0.15) is 27.2 Å². The molecule has 1 aliphatic heterocycles. The molecule has 0 unspecified atom stereocenters. The number of aryl methyl sites for hydroxylation is 1. The smallest absolute Gasteiger partial charge is 0.358 e. The van der Waals surface area contributed by atoms with Crippen LogP contribution in [0.15, 0.2) is 16.7 Å². The van der Waals surface area contributed by atoms with Crippen molar-refractivity contribution in [1.82, 2.24) is 5.16 Å². The van der Waals surface area contributed by atoms with Crippen LogP contribution in [-0.4, -0.2) is 22.1 Å². The first-order valence-corrected chi connectivity index (χ1v) is 6.10. The average Bonchev–Trinajstić information content (AvgIpc) is 2.97. The Hall–Kier alpha value is -2.63. The molecule has 2 aromatic rings. The first-order chi connectivity index (χ1) is 9.47. The maximum absolute atomic E-state index is 11.6. The molecule has 0 saturated heterocycles. The summed E-state index contributed by atoms with van der Waals surface area (Å²) in [5.74, 6) is -0.878. The summed E-state index contributed by atoms with van der Waals surface area (Å²) in [4.78, 5) is 22.5. The van der Waals surface area contributed by atoms with E-state index in [1.165, 1.54) is 6.07 Å². The topological polar surface area (TPSA) is 92.4 Å². The zero-order valence-corrected chi connectivity index (χ0v) is 11.0. The molecule has 6 heteroatoms. The van der Waals surface area contributed by atoms with Crippen LogP contribution < -0.4 is 5.32 Å². The van der Waals surface area contributed by atoms with Gasteiger partial charge in [-0.1, -0.05) is 11.2 Å². The Bertz CT molecular complexity index is 746. The predicted molar refractivity (Wildman–Crippen MR) is 70.7 cm³/mol. The van der Waals surface area contributed by atoms with Gasteiger partial charge in [-0.3, -0.25) is 4.79 Å². The van der Waals surface area contributed by atoms with Gasteiger partial charge in [-0.2, -0.15) is 0 Å². The highest BCUT2D eigenvalue weighted by molar-refractivity contribution is 6.04. The van der Waals surface area contributed by atoms with Crippen molar-refractivity contribution >= 4 is 17.6 Å². The van der Waals surface area contributed by atoms with Crippen molar-refractivity contribution < 1.29 is 19.2 Å². The van der Waals surface area contributed by atoms with E-state index in [0.717, 1.165) is 16.7 Å². The summed E-state index contributed by atoms with van der Waals surface area (Å²) in [5.41, 5.74) is 4.07. The molecule has 6 nitrogen and oxygen atoms in total. The Morgan fingerprint density at radius 1 is 1.40 bits per heavy atom. The molecule has 2 heterocycles. The molecule has 1 aromatic heterocycles. The molecule has 20 heavy (non-hydrogen) atoms. The number of nitrogens with one attached hydrogen (secondary N) is 1. The third kappa shape index (κ3) is 1.77. The fourth-order valence-corrected chi connectivity index (χ4v) is 2.43. The largest absolute Gasteiger partial charge is 0.476 e. The first-order valence-electron chi connectivity index (χ1n) is 6.10. The van der Waals surface area contributed by atoms with E-state index in [1.807, 2.05) is 19.9 Å². The second kappa shape index (κ2) is 4.19. The van der Waals surface area contributed by atoms with Crippen LogP contribution >= 0.6 is 0 Å². The number of fused-ring (bicyclic) bond motifs is 1. The lowest BCUT2D eigenvalue weighted by molar-refractivity contribution is -0.115. The van der Waals surface area contributed by atoms with E-state index >= 15 is 0 Å². The van der Waals surface area contributed by atoms with E-state index < -0.39 is 5.97 Å². The summed E-state index contributed by atoms with van der Waals surface area (Å²) in [6.07, 6.45) is 0.323. The number of anilines is 1. The van der Waals surface area contributed by atoms with Crippen LogP contribution in [-0.2, 0) is 11.2 Å². The molecule has 0 fully saturated rings. The van der Waals surface area contributed by atoms with Gasteiger partial charge in [0, 0.05) is 11.6 Å². The van der Waals surface area contributed by atoms with Crippen LogP contribution in [0.5, 0.6) is 0 Å². The number of aromatic nitrogens is 1. The average molecular weight is 272 g/mol. The van der Waals surface area contributed by atoms with Crippen molar-refractivity contribution in [3.05, 3.63) is 34.5 Å². The van der Waals surface area contributed by atoms with Gasteiger partial charge in [-0.05, 0) is 30.5 Å². The number of carbonyl (C=O) groups excluding carboxylic acids is 1. The van der Waals surface area contributed by atoms with E-state index in [0.29, 0.717) is 23.4 Å². The van der Waals surface area contributed by atoms with Crippen LogP contribution in [0.2, 0.25) is 0 Å². The standard InChI is InChI=1S/C14H12N2O4/c1-6-3-8-4-11(17)15-13(8)12(7(6)2)10-5-9(14(18)19)16-20-10/h3,5H,4H2,1-2H3,(H,15,17)(H,18,19). The number of carboxylic acids is 1. The van der Waals surface area contributed by atoms with E-state index in [4.69, 9.17) is 9.63 Å². The minimum absolute atomic E-state index is 0.0794. The van der Waals surface area contributed by atoms with E-state index in [1.54, 1.807) is 0 Å². The fourth-order valence-electron chi connectivity index (χ4n) is 2.43. The molecule has 2 N–H and O–H groups in total. The number of hydrogen-bond donors (Lipinski definition) is 2. The van der Waals surface area contributed by atoms with Gasteiger partial charge in [0.1, 0.15) is 0 Å². The number of rotatable bonds is 2. The highest BCUT2D eigenvalue weighted by Gasteiger charge is 2.26. The number of carbonyl (C=O) groups is 2. The second-order valence-electron chi connectivity index (χ2n) is 4.83. The fraction of sp³-hybridized carbons (Fsp3) is 0.214. The maximum Gasteiger partial charge on any atom is 0.358 e. The number of aromatic carboxylic acids is 1. The molecule has 0 aliphatic carbocycles. The van der Waals surface area contributed by atoms with Gasteiger partial charge >= 0.3 is 5.97 Å². The lowest BCUT2D eigenvalue weighted by Crippen LogP contribution is -2.04. The van der Waals surface area contributed by atoms with E-state index in [2.05, 4.69) is 10.5 Å². The Morgan fingerprint density at radius 2 is 2.15 bits per heavy atom. The van der Waals surface area contributed by atoms with Gasteiger partial charge in [0.25, 0.3) is 0 Å². The van der Waals surface area contributed by atoms with Crippen LogP contribution in [0.4, 0.5) is 5.69 Å². The summed E-state index contributed by atoms with van der Waals surface area (Å²) in [6, 6.07) is 3.33. The molecular weight excluding hydrogens is 260 g/mol. The lowest BCUT2D eigenvalue weighted by Gasteiger charge is -2.11. The van der Waals surface area contributed by atoms with Crippen LogP contribution in [0.25, 0.3) is 11.3 Å². The summed E-state index contributed by atoms with van der Waals surface area (Å²) in [7, 11) is 0. The quantitative estimate of drug-likeness (QED) is 0.873. The van der Waals surface area contributed by atoms with Crippen molar-refractivity contribution in [2.75, 3.05) is 5.32 Å². The third-order valence-corrected chi connectivity index (χ3v) is 3.52. The number of nitrogens with zero attached hydrogens (tertiary/aromatic N) is 1. The molecule has 3 rings (SSSR count).